The van der Waals surface area contributed by atoms with Crippen LogP contribution in [0.4, 0.5) is 0 Å². The third-order valence-corrected chi connectivity index (χ3v) is 1.44. The molecule has 0 spiro atoms. The molecule has 1 rings (SSSR count). The van der Waals surface area contributed by atoms with Crippen LogP contribution in [0.5, 0.6) is 0 Å². The fourth-order valence-electron chi connectivity index (χ4n) is 0.905. The number of halogens is 1. The topological polar surface area (TPSA) is 201 Å². The second kappa shape index (κ2) is 30.2. The average molecular weight is 387 g/mol. The molecule has 0 aliphatic carbocycles. The van der Waals surface area contributed by atoms with Gasteiger partial charge in [-0.1, -0.05) is 0 Å². The molecule has 118 valence electrons. The van der Waals surface area contributed by atoms with Gasteiger partial charge in [0, 0.05) is 39.3 Å². The molecule has 0 bridgehead atoms. The van der Waals surface area contributed by atoms with Crippen LogP contribution < -0.4 is 32.9 Å². The zero-order chi connectivity index (χ0) is 9.94. The van der Waals surface area contributed by atoms with E-state index in [4.69, 9.17) is 15.3 Å². The smallest absolute Gasteiger partial charge is 1.00 e. The summed E-state index contributed by atoms with van der Waals surface area (Å²) >= 11 is 0. The summed E-state index contributed by atoms with van der Waals surface area (Å²) in [6, 6.07) is 0. The first-order chi connectivity index (χ1) is 6.23. The van der Waals surface area contributed by atoms with Gasteiger partial charge in [-0.15, -0.1) is 0 Å². The summed E-state index contributed by atoms with van der Waals surface area (Å²) in [5.74, 6) is 0. The van der Waals surface area contributed by atoms with E-state index in [-0.39, 0.29) is 49.9 Å². The van der Waals surface area contributed by atoms with E-state index in [1.807, 2.05) is 0 Å². The van der Waals surface area contributed by atoms with E-state index in [9.17, 15) is 0 Å². The van der Waals surface area contributed by atoms with Crippen molar-refractivity contribution in [3.05, 3.63) is 15.3 Å². The molecule has 0 radical (unpaired) electrons. The zero-order valence-corrected chi connectivity index (χ0v) is 12.4. The van der Waals surface area contributed by atoms with Crippen molar-refractivity contribution in [1.29, 1.82) is 0 Å². The molecule has 0 atom stereocenters. The van der Waals surface area contributed by atoms with Crippen LogP contribution in [-0.2, 0) is 32.9 Å². The molecule has 0 unspecified atom stereocenters. The molecule has 1 heterocycles. The van der Waals surface area contributed by atoms with Crippen molar-refractivity contribution in [3.8, 4) is 0 Å². The number of rotatable bonds is 0. The van der Waals surface area contributed by atoms with E-state index in [1.54, 1.807) is 0 Å². The molecule has 0 saturated carbocycles. The molecule has 1 saturated heterocycles. The number of nitrogens with zero attached hydrogens (tertiary/aromatic N) is 1. The Bertz CT molecular complexity index is 117. The van der Waals surface area contributed by atoms with Gasteiger partial charge in [0.1, 0.15) is 0 Å². The van der Waals surface area contributed by atoms with Gasteiger partial charge in [-0.25, -0.2) is 0 Å². The normalized spacial score (nSPS) is 13.3. The Morgan fingerprint density at radius 2 is 0.833 bits per heavy atom. The first kappa shape index (κ1) is 36.1. The predicted molar refractivity (Wildman–Crippen MR) is 63.6 cm³/mol. The maximum atomic E-state index is 8.25. The monoisotopic (exact) mass is 385 g/mol. The summed E-state index contributed by atoms with van der Waals surface area (Å²) < 4.78 is 0. The third-order valence-electron chi connectivity index (χ3n) is 1.44. The van der Waals surface area contributed by atoms with Crippen LogP contribution in [0.15, 0.2) is 0 Å². The molecule has 0 amide bonds. The predicted octanol–water partition coefficient (Wildman–Crippen LogP) is -7.23. The van der Waals surface area contributed by atoms with E-state index < -0.39 is 5.09 Å². The van der Waals surface area contributed by atoms with Gasteiger partial charge in [0.25, 0.3) is 0 Å². The van der Waals surface area contributed by atoms with Gasteiger partial charge in [-0.2, -0.15) is 0 Å². The van der Waals surface area contributed by atoms with Gasteiger partial charge in [-0.3, -0.25) is 0 Å². The average Bonchev–Trinajstić information content (AvgIpc) is 2.16. The molecular weight excluding hydrogens is 363 g/mol. The molecule has 18 heavy (non-hydrogen) atoms. The molecular formula is C6H24BrN4NiO6+3. The molecule has 1 aliphatic heterocycles. The van der Waals surface area contributed by atoms with Crippen LogP contribution in [0, 0.1) is 15.3 Å². The first-order valence-electron chi connectivity index (χ1n) is 4.17. The Hall–Kier alpha value is -0.0665. The summed E-state index contributed by atoms with van der Waals surface area (Å²) in [5.41, 5.74) is 0. The summed E-state index contributed by atoms with van der Waals surface area (Å²) in [6.45, 7) is 6.59. The molecule has 10 nitrogen and oxygen atoms in total. The van der Waals surface area contributed by atoms with E-state index in [1.165, 1.54) is 0 Å². The second-order valence-electron chi connectivity index (χ2n) is 2.47. The Kier molecular flexibility index (Phi) is 60.6. The van der Waals surface area contributed by atoms with Crippen LogP contribution >= 0.6 is 0 Å². The van der Waals surface area contributed by atoms with Gasteiger partial charge in [0.05, 0.1) is 5.09 Å². The summed E-state index contributed by atoms with van der Waals surface area (Å²) in [4.78, 5) is 8.25. The Balaban J connectivity index is -0.0000000364. The van der Waals surface area contributed by atoms with Crippen LogP contribution in [-0.4, -0.2) is 44.4 Å². The molecule has 0 aromatic rings. The third kappa shape index (κ3) is 44.5. The van der Waals surface area contributed by atoms with E-state index in [0.717, 1.165) is 39.3 Å². The second-order valence-corrected chi connectivity index (χ2v) is 2.47. The van der Waals surface area contributed by atoms with Crippen LogP contribution in [0.2, 0.25) is 0 Å². The molecule has 12 heteroatoms. The number of hydrogen-bond acceptors (Lipinski definition) is 6. The van der Waals surface area contributed by atoms with E-state index >= 15 is 0 Å². The Morgan fingerprint density at radius 1 is 0.722 bits per heavy atom. The Labute approximate surface area is 126 Å². The van der Waals surface area contributed by atoms with E-state index in [2.05, 4.69) is 16.0 Å². The largest absolute Gasteiger partial charge is 2.00 e. The van der Waals surface area contributed by atoms with Crippen molar-refractivity contribution in [2.45, 2.75) is 0 Å². The van der Waals surface area contributed by atoms with Crippen molar-refractivity contribution in [2.75, 3.05) is 39.3 Å². The van der Waals surface area contributed by atoms with Gasteiger partial charge >= 0.3 is 16.5 Å². The summed E-state index contributed by atoms with van der Waals surface area (Å²) in [5, 5.41) is 24.7. The molecule has 0 aromatic heterocycles. The molecule has 0 aromatic carbocycles. The van der Waals surface area contributed by atoms with Gasteiger partial charge in [0.2, 0.25) is 0 Å². The molecule has 1 fully saturated rings. The summed E-state index contributed by atoms with van der Waals surface area (Å²) in [6.07, 6.45) is 0. The van der Waals surface area contributed by atoms with Crippen molar-refractivity contribution in [2.24, 2.45) is 0 Å². The first-order valence-corrected chi connectivity index (χ1v) is 4.17. The minimum Gasteiger partial charge on any atom is -1.00 e. The van der Waals surface area contributed by atoms with Gasteiger partial charge < -0.3 is 64.7 Å². The molecule has 1 aliphatic rings. The van der Waals surface area contributed by atoms with E-state index in [0.29, 0.717) is 0 Å². The Morgan fingerprint density at radius 3 is 0.944 bits per heavy atom. The van der Waals surface area contributed by atoms with Crippen LogP contribution in [0.3, 0.4) is 0 Å². The number of nitrogens with one attached hydrogen (secondary N) is 3. The minimum atomic E-state index is -1.75. The maximum absolute atomic E-state index is 8.25. The van der Waals surface area contributed by atoms with Gasteiger partial charge in [0.15, 0.2) is 0 Å². The van der Waals surface area contributed by atoms with Crippen LogP contribution in [0.1, 0.15) is 0 Å². The van der Waals surface area contributed by atoms with Crippen molar-refractivity contribution >= 4 is 0 Å². The van der Waals surface area contributed by atoms with Crippen molar-refractivity contribution in [3.63, 3.8) is 0 Å². The maximum Gasteiger partial charge on any atom is 2.00 e. The SMILES string of the molecule is C1CNCCNCCN1.O=[N+]([O-])[O-].[Br-].[Ni+2].[OH3+].[OH3+].[OH3+]. The number of hydrogen-bond donors (Lipinski definition) is 3. The standard InChI is InChI=1S/C6H15N3.BrH.NO3.Ni.3H2O/c1-2-8-5-6-9-4-3-7-1;;2-1(3)4;;;;/h7-9H,1-6H2;1H;;;3*1H2/q;;-1;+2;;;/p+2. The van der Waals surface area contributed by atoms with Gasteiger partial charge in [-0.05, 0) is 0 Å². The van der Waals surface area contributed by atoms with Crippen molar-refractivity contribution < 1.29 is 55.0 Å². The fourth-order valence-corrected chi connectivity index (χ4v) is 0.905. The quantitative estimate of drug-likeness (QED) is 0.159. The fraction of sp³-hybridized carbons (Fsp3) is 1.00. The van der Waals surface area contributed by atoms with Crippen LogP contribution in [0.25, 0.3) is 0 Å². The zero-order valence-electron chi connectivity index (χ0n) is 9.84. The minimum absolute atomic E-state index is 0. The summed E-state index contributed by atoms with van der Waals surface area (Å²) in [7, 11) is 0. The molecule has 12 N–H and O–H groups in total. The van der Waals surface area contributed by atoms with Crippen molar-refractivity contribution in [1.82, 2.24) is 16.0 Å².